The molecule has 1 atom stereocenters. The van der Waals surface area contributed by atoms with Crippen LogP contribution in [0.1, 0.15) is 24.4 Å². The number of methoxy groups -OCH3 is 1. The van der Waals surface area contributed by atoms with Crippen molar-refractivity contribution in [3.63, 3.8) is 0 Å². The smallest absolute Gasteiger partial charge is 0.251 e. The molecule has 1 aliphatic heterocycles. The van der Waals surface area contributed by atoms with E-state index in [2.05, 4.69) is 15.3 Å². The number of hydrogen-bond acceptors (Lipinski definition) is 7. The van der Waals surface area contributed by atoms with Gasteiger partial charge in [-0.2, -0.15) is 0 Å². The van der Waals surface area contributed by atoms with Gasteiger partial charge in [-0.3, -0.25) is 4.79 Å². The summed E-state index contributed by atoms with van der Waals surface area (Å²) in [5.41, 5.74) is 1.93. The molecule has 8 heteroatoms. The van der Waals surface area contributed by atoms with Gasteiger partial charge in [0.05, 0.1) is 25.5 Å². The number of rotatable bonds is 7. The van der Waals surface area contributed by atoms with Crippen molar-refractivity contribution in [2.45, 2.75) is 24.9 Å². The Morgan fingerprint density at radius 1 is 1.26 bits per heavy atom. The Kier molecular flexibility index (Phi) is 6.59. The average Bonchev–Trinajstić information content (AvgIpc) is 2.81. The van der Waals surface area contributed by atoms with Gasteiger partial charge in [-0.15, -0.1) is 0 Å². The minimum Gasteiger partial charge on any atom is -0.497 e. The fraction of sp³-hybridized carbons (Fsp3) is 0.348. The highest BCUT2D eigenvalue weighted by Gasteiger charge is 2.17. The maximum Gasteiger partial charge on any atom is 0.251 e. The normalized spacial score (nSPS) is 15.4. The zero-order valence-corrected chi connectivity index (χ0v) is 17.4. The summed E-state index contributed by atoms with van der Waals surface area (Å²) in [6.07, 6.45) is 5.20. The first-order valence-corrected chi connectivity index (χ1v) is 10.3. The third kappa shape index (κ3) is 4.92. The number of aromatic nitrogens is 3. The van der Waals surface area contributed by atoms with Crippen LogP contribution >= 0.6 is 0 Å². The lowest BCUT2D eigenvalue weighted by Gasteiger charge is -2.23. The van der Waals surface area contributed by atoms with E-state index in [1.165, 1.54) is 10.6 Å². The molecule has 2 aromatic heterocycles. The highest BCUT2D eigenvalue weighted by atomic mass is 16.5. The van der Waals surface area contributed by atoms with E-state index < -0.39 is 6.04 Å². The zero-order valence-electron chi connectivity index (χ0n) is 17.4. The molecule has 0 bridgehead atoms. The number of nitrogens with zero attached hydrogens (tertiary/aromatic N) is 3. The number of nitrogens with one attached hydrogen (secondary N) is 1. The van der Waals surface area contributed by atoms with Crippen LogP contribution in [0.5, 0.6) is 5.75 Å². The Labute approximate surface area is 180 Å². The predicted octanol–water partition coefficient (Wildman–Crippen LogP) is 2.49. The second kappa shape index (κ2) is 9.72. The average molecular weight is 422 g/mol. The molecule has 1 unspecified atom stereocenters. The van der Waals surface area contributed by atoms with Crippen molar-refractivity contribution < 1.29 is 14.6 Å². The van der Waals surface area contributed by atoms with Gasteiger partial charge in [-0.05, 0) is 42.7 Å². The Bertz CT molecular complexity index is 1080. The third-order valence-electron chi connectivity index (χ3n) is 5.44. The Morgan fingerprint density at radius 2 is 2.10 bits per heavy atom. The van der Waals surface area contributed by atoms with Crippen LogP contribution in [0.3, 0.4) is 0 Å². The van der Waals surface area contributed by atoms with E-state index in [1.54, 1.807) is 25.6 Å². The molecule has 3 aromatic rings. The van der Waals surface area contributed by atoms with Gasteiger partial charge in [0.25, 0.3) is 5.56 Å². The van der Waals surface area contributed by atoms with E-state index in [0.717, 1.165) is 31.6 Å². The molecule has 0 aliphatic carbocycles. The molecular formula is C23H26N4O4. The molecule has 1 aromatic carbocycles. The summed E-state index contributed by atoms with van der Waals surface area (Å²) in [6, 6.07) is 12.3. The largest absolute Gasteiger partial charge is 0.497 e. The first-order chi connectivity index (χ1) is 15.2. The fourth-order valence-electron chi connectivity index (χ4n) is 3.72. The minimum atomic E-state index is -0.507. The summed E-state index contributed by atoms with van der Waals surface area (Å²) in [4.78, 5) is 21.8. The van der Waals surface area contributed by atoms with Gasteiger partial charge in [0.1, 0.15) is 5.75 Å². The zero-order chi connectivity index (χ0) is 21.6. The van der Waals surface area contributed by atoms with Gasteiger partial charge >= 0.3 is 0 Å². The van der Waals surface area contributed by atoms with E-state index in [9.17, 15) is 9.90 Å². The van der Waals surface area contributed by atoms with Crippen molar-refractivity contribution in [1.29, 1.82) is 0 Å². The lowest BCUT2D eigenvalue weighted by atomic mass is 10.1. The van der Waals surface area contributed by atoms with E-state index >= 15 is 0 Å². The molecule has 0 amide bonds. The van der Waals surface area contributed by atoms with Crippen molar-refractivity contribution in [3.8, 4) is 17.0 Å². The number of ether oxygens (including phenoxy) is 2. The molecule has 1 aliphatic rings. The Morgan fingerprint density at radius 3 is 2.84 bits per heavy atom. The highest BCUT2D eigenvalue weighted by Crippen LogP contribution is 2.23. The summed E-state index contributed by atoms with van der Waals surface area (Å²) < 4.78 is 12.2. The van der Waals surface area contributed by atoms with Gasteiger partial charge in [-0.1, -0.05) is 12.1 Å². The van der Waals surface area contributed by atoms with Gasteiger partial charge in [-0.25, -0.2) is 9.97 Å². The number of benzene rings is 1. The SMILES string of the molecule is COc1cccc(C(CO)n2ccc(-c3ccnc(NC4CCOCC4)n3)cc2=O)c1. The molecule has 8 nitrogen and oxygen atoms in total. The van der Waals surface area contributed by atoms with Crippen molar-refractivity contribution in [2.24, 2.45) is 0 Å². The van der Waals surface area contributed by atoms with Crippen LogP contribution in [0.4, 0.5) is 5.95 Å². The lowest BCUT2D eigenvalue weighted by molar-refractivity contribution is 0.0903. The lowest BCUT2D eigenvalue weighted by Crippen LogP contribution is -2.28. The van der Waals surface area contributed by atoms with E-state index in [4.69, 9.17) is 9.47 Å². The van der Waals surface area contributed by atoms with Crippen molar-refractivity contribution in [3.05, 3.63) is 70.8 Å². The molecule has 0 radical (unpaired) electrons. The summed E-state index contributed by atoms with van der Waals surface area (Å²) in [7, 11) is 1.58. The standard InChI is InChI=1S/C23H26N4O4/c1-30-19-4-2-3-17(13-19)21(15-28)27-10-6-16(14-22(27)29)20-5-9-24-23(26-20)25-18-7-11-31-12-8-18/h2-6,9-10,13-14,18,21,28H,7-8,11-12,15H2,1H3,(H,24,25,26). The van der Waals surface area contributed by atoms with E-state index in [0.29, 0.717) is 23.0 Å². The van der Waals surface area contributed by atoms with Gasteiger partial charge in [0.15, 0.2) is 0 Å². The second-order valence-corrected chi connectivity index (χ2v) is 7.43. The minimum absolute atomic E-state index is 0.209. The number of anilines is 1. The number of aliphatic hydroxyl groups is 1. The number of hydrogen-bond donors (Lipinski definition) is 2. The van der Waals surface area contributed by atoms with E-state index in [-0.39, 0.29) is 18.2 Å². The summed E-state index contributed by atoms with van der Waals surface area (Å²) in [6.45, 7) is 1.25. The second-order valence-electron chi connectivity index (χ2n) is 7.43. The number of aliphatic hydroxyl groups excluding tert-OH is 1. The molecule has 0 spiro atoms. The summed E-state index contributed by atoms with van der Waals surface area (Å²) >= 11 is 0. The number of pyridine rings is 1. The van der Waals surface area contributed by atoms with Crippen LogP contribution < -0.4 is 15.6 Å². The molecule has 1 saturated heterocycles. The molecule has 0 saturated carbocycles. The van der Waals surface area contributed by atoms with Crippen molar-refractivity contribution in [2.75, 3.05) is 32.2 Å². The van der Waals surface area contributed by atoms with Gasteiger partial charge in [0.2, 0.25) is 5.95 Å². The van der Waals surface area contributed by atoms with Crippen LogP contribution in [-0.2, 0) is 4.74 Å². The van der Waals surface area contributed by atoms with Crippen molar-refractivity contribution >= 4 is 5.95 Å². The fourth-order valence-corrected chi connectivity index (χ4v) is 3.72. The van der Waals surface area contributed by atoms with Crippen LogP contribution in [0, 0.1) is 0 Å². The predicted molar refractivity (Wildman–Crippen MR) is 117 cm³/mol. The first kappa shape index (κ1) is 21.0. The Balaban J connectivity index is 1.58. The first-order valence-electron chi connectivity index (χ1n) is 10.3. The molecule has 162 valence electrons. The quantitative estimate of drug-likeness (QED) is 0.604. The topological polar surface area (TPSA) is 98.5 Å². The summed E-state index contributed by atoms with van der Waals surface area (Å²) in [5.74, 6) is 1.21. The molecule has 3 heterocycles. The molecular weight excluding hydrogens is 396 g/mol. The van der Waals surface area contributed by atoms with Crippen LogP contribution in [0.15, 0.2) is 59.7 Å². The van der Waals surface area contributed by atoms with Crippen molar-refractivity contribution in [1.82, 2.24) is 14.5 Å². The van der Waals surface area contributed by atoms with E-state index in [1.807, 2.05) is 30.3 Å². The van der Waals surface area contributed by atoms with Crippen LogP contribution in [-0.4, -0.2) is 52.6 Å². The maximum atomic E-state index is 12.9. The van der Waals surface area contributed by atoms with Crippen LogP contribution in [0.25, 0.3) is 11.3 Å². The van der Waals surface area contributed by atoms with Gasteiger partial charge in [0, 0.05) is 43.3 Å². The highest BCUT2D eigenvalue weighted by molar-refractivity contribution is 5.59. The maximum absolute atomic E-state index is 12.9. The van der Waals surface area contributed by atoms with Crippen LogP contribution in [0.2, 0.25) is 0 Å². The molecule has 1 fully saturated rings. The molecule has 31 heavy (non-hydrogen) atoms. The summed E-state index contributed by atoms with van der Waals surface area (Å²) in [5, 5.41) is 13.3. The van der Waals surface area contributed by atoms with Gasteiger partial charge < -0.3 is 24.5 Å². The molecule has 2 N–H and O–H groups in total. The molecule has 4 rings (SSSR count). The third-order valence-corrected chi connectivity index (χ3v) is 5.44. The monoisotopic (exact) mass is 422 g/mol. The Hall–Kier alpha value is -3.23.